The van der Waals surface area contributed by atoms with Crippen molar-refractivity contribution in [3.8, 4) is 0 Å². The zero-order valence-electron chi connectivity index (χ0n) is 17.9. The molecule has 0 saturated heterocycles. The molecule has 2 aromatic rings. The van der Waals surface area contributed by atoms with E-state index in [4.69, 9.17) is 5.14 Å². The van der Waals surface area contributed by atoms with E-state index in [0.29, 0.717) is 18.9 Å². The fourth-order valence-electron chi connectivity index (χ4n) is 3.33. The van der Waals surface area contributed by atoms with Crippen molar-refractivity contribution in [2.75, 3.05) is 13.1 Å². The Balaban J connectivity index is 2.10. The van der Waals surface area contributed by atoms with Crippen molar-refractivity contribution in [3.63, 3.8) is 0 Å². The van der Waals surface area contributed by atoms with Crippen LogP contribution in [0.25, 0.3) is 0 Å². The number of unbranched alkanes of at least 4 members (excludes halogenated alkanes) is 1. The number of nitrogens with two attached hydrogens (primary N) is 1. The number of hydrogen-bond donors (Lipinski definition) is 2. The Morgan fingerprint density at radius 1 is 1.14 bits per heavy atom. The standard InChI is InChI=1S/C21H33N5O2S/c1-16(2)19-8-7-9-23-21(19)15-26(11-6-5-10-25-29(22,27)28)14-20-18(4)12-17(3)13-24-20/h7-9,12-13,16,25H,5-6,10-11,14-15H2,1-4H3,(H2,22,27,28). The van der Waals surface area contributed by atoms with Crippen LogP contribution in [0.2, 0.25) is 0 Å². The first-order chi connectivity index (χ1) is 13.7. The molecule has 0 atom stereocenters. The van der Waals surface area contributed by atoms with Gasteiger partial charge in [0, 0.05) is 32.0 Å². The molecular formula is C21H33N5O2S. The molecule has 160 valence electrons. The van der Waals surface area contributed by atoms with Gasteiger partial charge in [0.1, 0.15) is 0 Å². The Kier molecular flexibility index (Phi) is 8.70. The van der Waals surface area contributed by atoms with Gasteiger partial charge in [0.25, 0.3) is 10.2 Å². The van der Waals surface area contributed by atoms with E-state index in [1.807, 2.05) is 25.4 Å². The van der Waals surface area contributed by atoms with Gasteiger partial charge in [-0.15, -0.1) is 0 Å². The SMILES string of the molecule is Cc1cnc(CN(CCCCNS(N)(=O)=O)Cc2ncccc2C(C)C)c(C)c1. The first-order valence-corrected chi connectivity index (χ1v) is 11.6. The summed E-state index contributed by atoms with van der Waals surface area (Å²) in [5, 5.41) is 4.99. The lowest BCUT2D eigenvalue weighted by Gasteiger charge is -2.24. The summed E-state index contributed by atoms with van der Waals surface area (Å²) in [5.41, 5.74) is 5.71. The summed E-state index contributed by atoms with van der Waals surface area (Å²) in [6, 6.07) is 6.27. The van der Waals surface area contributed by atoms with Crippen molar-refractivity contribution in [2.24, 2.45) is 5.14 Å². The molecule has 7 nitrogen and oxygen atoms in total. The minimum Gasteiger partial charge on any atom is -0.292 e. The summed E-state index contributed by atoms with van der Waals surface area (Å²) in [5.74, 6) is 0.402. The van der Waals surface area contributed by atoms with E-state index in [0.717, 1.165) is 43.0 Å². The average Bonchev–Trinajstić information content (AvgIpc) is 2.63. The molecular weight excluding hydrogens is 386 g/mol. The maximum Gasteiger partial charge on any atom is 0.274 e. The zero-order valence-corrected chi connectivity index (χ0v) is 18.7. The van der Waals surface area contributed by atoms with Crippen molar-refractivity contribution < 1.29 is 8.42 Å². The van der Waals surface area contributed by atoms with E-state index in [9.17, 15) is 8.42 Å². The molecule has 0 unspecified atom stereocenters. The lowest BCUT2D eigenvalue weighted by molar-refractivity contribution is 0.244. The van der Waals surface area contributed by atoms with E-state index < -0.39 is 10.2 Å². The summed E-state index contributed by atoms with van der Waals surface area (Å²) in [6.07, 6.45) is 5.30. The summed E-state index contributed by atoms with van der Waals surface area (Å²) >= 11 is 0. The smallest absolute Gasteiger partial charge is 0.274 e. The highest BCUT2D eigenvalue weighted by molar-refractivity contribution is 7.87. The molecule has 0 radical (unpaired) electrons. The molecule has 0 aliphatic carbocycles. The molecule has 29 heavy (non-hydrogen) atoms. The highest BCUT2D eigenvalue weighted by Gasteiger charge is 2.14. The third-order valence-electron chi connectivity index (χ3n) is 4.82. The number of aromatic nitrogens is 2. The largest absolute Gasteiger partial charge is 0.292 e. The minimum absolute atomic E-state index is 0.343. The van der Waals surface area contributed by atoms with Crippen LogP contribution >= 0.6 is 0 Å². The summed E-state index contributed by atoms with van der Waals surface area (Å²) in [7, 11) is -3.63. The molecule has 2 aromatic heterocycles. The zero-order chi connectivity index (χ0) is 21.4. The topological polar surface area (TPSA) is 101 Å². The van der Waals surface area contributed by atoms with Crippen LogP contribution in [0.3, 0.4) is 0 Å². The number of nitrogens with one attached hydrogen (secondary N) is 1. The third-order valence-corrected chi connectivity index (χ3v) is 5.43. The average molecular weight is 420 g/mol. The van der Waals surface area contributed by atoms with Crippen LogP contribution in [-0.4, -0.2) is 36.4 Å². The van der Waals surface area contributed by atoms with Crippen molar-refractivity contribution in [2.45, 2.75) is 59.5 Å². The monoisotopic (exact) mass is 419 g/mol. The summed E-state index contributed by atoms with van der Waals surface area (Å²) in [6.45, 7) is 11.1. The second-order valence-electron chi connectivity index (χ2n) is 7.83. The molecule has 0 bridgehead atoms. The lowest BCUT2D eigenvalue weighted by atomic mass is 10.0. The molecule has 0 aromatic carbocycles. The Morgan fingerprint density at radius 2 is 1.86 bits per heavy atom. The van der Waals surface area contributed by atoms with Crippen molar-refractivity contribution in [3.05, 3.63) is 58.7 Å². The van der Waals surface area contributed by atoms with Gasteiger partial charge >= 0.3 is 0 Å². The Labute approximate surface area is 174 Å². The molecule has 0 saturated carbocycles. The van der Waals surface area contributed by atoms with Gasteiger partial charge in [0.2, 0.25) is 0 Å². The molecule has 0 aliphatic heterocycles. The van der Waals surface area contributed by atoms with Gasteiger partial charge in [-0.05, 0) is 61.9 Å². The fraction of sp³-hybridized carbons (Fsp3) is 0.524. The van der Waals surface area contributed by atoms with Crippen LogP contribution in [0.1, 0.15) is 60.7 Å². The predicted molar refractivity (Wildman–Crippen MR) is 116 cm³/mol. The van der Waals surface area contributed by atoms with Crippen LogP contribution in [0.5, 0.6) is 0 Å². The molecule has 3 N–H and O–H groups in total. The van der Waals surface area contributed by atoms with E-state index >= 15 is 0 Å². The van der Waals surface area contributed by atoms with Crippen LogP contribution in [-0.2, 0) is 23.3 Å². The Morgan fingerprint density at radius 3 is 2.52 bits per heavy atom. The molecule has 2 heterocycles. The first kappa shape index (κ1) is 23.4. The van der Waals surface area contributed by atoms with Gasteiger partial charge in [-0.2, -0.15) is 8.42 Å². The highest BCUT2D eigenvalue weighted by Crippen LogP contribution is 2.20. The molecule has 0 aliphatic rings. The van der Waals surface area contributed by atoms with Crippen LogP contribution in [0, 0.1) is 13.8 Å². The number of hydrogen-bond acceptors (Lipinski definition) is 5. The molecule has 0 fully saturated rings. The van der Waals surface area contributed by atoms with E-state index in [1.165, 1.54) is 11.1 Å². The Bertz CT molecular complexity index is 900. The van der Waals surface area contributed by atoms with Gasteiger partial charge in [0.15, 0.2) is 0 Å². The highest BCUT2D eigenvalue weighted by atomic mass is 32.2. The normalized spacial score (nSPS) is 12.1. The second kappa shape index (κ2) is 10.8. The third kappa shape index (κ3) is 8.18. The minimum atomic E-state index is -3.63. The van der Waals surface area contributed by atoms with E-state index in [2.05, 4.69) is 52.5 Å². The second-order valence-corrected chi connectivity index (χ2v) is 9.21. The lowest BCUT2D eigenvalue weighted by Crippen LogP contribution is -2.32. The first-order valence-electron chi connectivity index (χ1n) is 10.0. The predicted octanol–water partition coefficient (Wildman–Crippen LogP) is 2.79. The molecule has 0 amide bonds. The maximum atomic E-state index is 11.0. The van der Waals surface area contributed by atoms with Gasteiger partial charge in [-0.25, -0.2) is 9.86 Å². The Hall–Kier alpha value is -1.87. The molecule has 8 heteroatoms. The number of aryl methyl sites for hydroxylation is 2. The van der Waals surface area contributed by atoms with Crippen LogP contribution in [0.15, 0.2) is 30.6 Å². The van der Waals surface area contributed by atoms with Gasteiger partial charge in [-0.1, -0.05) is 26.0 Å². The number of pyridine rings is 2. The van der Waals surface area contributed by atoms with Crippen LogP contribution in [0.4, 0.5) is 0 Å². The molecule has 2 rings (SSSR count). The van der Waals surface area contributed by atoms with Crippen LogP contribution < -0.4 is 9.86 Å². The molecule has 0 spiro atoms. The summed E-state index contributed by atoms with van der Waals surface area (Å²) < 4.78 is 24.4. The van der Waals surface area contributed by atoms with Gasteiger partial charge < -0.3 is 0 Å². The van der Waals surface area contributed by atoms with Gasteiger partial charge in [-0.3, -0.25) is 14.9 Å². The van der Waals surface area contributed by atoms with Crippen molar-refractivity contribution >= 4 is 10.2 Å². The number of nitrogens with zero attached hydrogens (tertiary/aromatic N) is 3. The van der Waals surface area contributed by atoms with E-state index in [-0.39, 0.29) is 0 Å². The quantitative estimate of drug-likeness (QED) is 0.545. The summed E-state index contributed by atoms with van der Waals surface area (Å²) in [4.78, 5) is 11.6. The fourth-order valence-corrected chi connectivity index (χ4v) is 3.76. The maximum absolute atomic E-state index is 11.0. The van der Waals surface area contributed by atoms with Crippen molar-refractivity contribution in [1.29, 1.82) is 0 Å². The number of rotatable bonds is 11. The van der Waals surface area contributed by atoms with Gasteiger partial charge in [0.05, 0.1) is 11.4 Å². The van der Waals surface area contributed by atoms with E-state index in [1.54, 1.807) is 0 Å². The van der Waals surface area contributed by atoms with Crippen molar-refractivity contribution in [1.82, 2.24) is 19.6 Å².